The van der Waals surface area contributed by atoms with E-state index in [4.69, 9.17) is 9.11 Å². The maximum atomic E-state index is 12.1. The lowest BCUT2D eigenvalue weighted by atomic mass is 9.99. The smallest absolute Gasteiger partial charge is 0.227 e. The minimum atomic E-state index is 0.274. The van der Waals surface area contributed by atoms with Crippen molar-refractivity contribution in [2.45, 2.75) is 32.1 Å². The van der Waals surface area contributed by atoms with Gasteiger partial charge in [-0.25, -0.2) is 0 Å². The van der Waals surface area contributed by atoms with Gasteiger partial charge in [0.05, 0.1) is 17.0 Å². The summed E-state index contributed by atoms with van der Waals surface area (Å²) in [7, 11) is 0. The molecular formula is C26H30N4O2S. The predicted molar refractivity (Wildman–Crippen MR) is 134 cm³/mol. The highest BCUT2D eigenvalue weighted by Crippen LogP contribution is 2.39. The third-order valence-electron chi connectivity index (χ3n) is 7.19. The lowest BCUT2D eigenvalue weighted by Gasteiger charge is -2.35. The average Bonchev–Trinajstić information content (AvgIpc) is 3.47. The maximum Gasteiger partial charge on any atom is 0.227 e. The molecule has 0 bridgehead atoms. The van der Waals surface area contributed by atoms with E-state index in [0.717, 1.165) is 83.1 Å². The summed E-state index contributed by atoms with van der Waals surface area (Å²) < 4.78 is 12.1. The van der Waals surface area contributed by atoms with Crippen LogP contribution in [0.15, 0.2) is 36.4 Å². The summed E-state index contributed by atoms with van der Waals surface area (Å²) in [6.07, 6.45) is 4.64. The van der Waals surface area contributed by atoms with Crippen molar-refractivity contribution in [1.82, 2.24) is 9.27 Å². The van der Waals surface area contributed by atoms with Gasteiger partial charge in [-0.2, -0.15) is 4.37 Å². The Balaban J connectivity index is 0.951. The summed E-state index contributed by atoms with van der Waals surface area (Å²) >= 11 is 1.60. The zero-order chi connectivity index (χ0) is 22.2. The molecule has 1 saturated heterocycles. The lowest BCUT2D eigenvalue weighted by Crippen LogP contribution is -2.46. The maximum absolute atomic E-state index is 12.1. The van der Waals surface area contributed by atoms with E-state index in [1.54, 1.807) is 11.5 Å². The van der Waals surface area contributed by atoms with Crippen LogP contribution >= 0.6 is 11.5 Å². The first-order chi connectivity index (χ1) is 16.3. The van der Waals surface area contributed by atoms with Crippen LogP contribution in [0.2, 0.25) is 0 Å². The van der Waals surface area contributed by atoms with Gasteiger partial charge in [-0.15, -0.1) is 0 Å². The molecule has 6 nitrogen and oxygen atoms in total. The van der Waals surface area contributed by atoms with Gasteiger partial charge in [0, 0.05) is 44.5 Å². The highest BCUT2D eigenvalue weighted by atomic mass is 32.1. The molecule has 7 heteroatoms. The lowest BCUT2D eigenvalue weighted by molar-refractivity contribution is -0.118. The van der Waals surface area contributed by atoms with E-state index in [0.29, 0.717) is 6.42 Å². The average molecular weight is 463 g/mol. The normalized spacial score (nSPS) is 18.2. The molecule has 4 heterocycles. The van der Waals surface area contributed by atoms with Gasteiger partial charge in [0.15, 0.2) is 0 Å². The molecule has 2 aromatic carbocycles. The number of aromatic nitrogens is 1. The zero-order valence-corrected chi connectivity index (χ0v) is 19.8. The van der Waals surface area contributed by atoms with Crippen LogP contribution in [0.25, 0.3) is 10.1 Å². The van der Waals surface area contributed by atoms with E-state index >= 15 is 0 Å². The van der Waals surface area contributed by atoms with Crippen LogP contribution in [0.5, 0.6) is 5.75 Å². The van der Waals surface area contributed by atoms with Crippen molar-refractivity contribution in [1.29, 1.82) is 0 Å². The standard InChI is InChI=1S/C26H30N4O2S/c31-24-8-7-19-17-21(18-20-9-11-30(24)25(19)20)32-16-4-3-10-28-12-14-29(15-13-28)26-22-5-1-2-6-23(22)33-27-26/h1-2,5-6,17-18H,3-4,7-16H2. The first kappa shape index (κ1) is 20.9. The number of piperazine rings is 1. The van der Waals surface area contributed by atoms with Crippen molar-refractivity contribution in [2.75, 3.05) is 55.7 Å². The molecule has 33 heavy (non-hydrogen) atoms. The number of nitrogens with zero attached hydrogens (tertiary/aromatic N) is 4. The van der Waals surface area contributed by atoms with Gasteiger partial charge in [-0.05, 0) is 79.2 Å². The molecule has 3 aliphatic rings. The van der Waals surface area contributed by atoms with Crippen molar-refractivity contribution in [2.24, 2.45) is 0 Å². The fraction of sp³-hybridized carbons (Fsp3) is 0.462. The van der Waals surface area contributed by atoms with Crippen LogP contribution < -0.4 is 14.5 Å². The van der Waals surface area contributed by atoms with E-state index in [2.05, 4.69) is 46.2 Å². The van der Waals surface area contributed by atoms with E-state index < -0.39 is 0 Å². The molecule has 0 atom stereocenters. The number of hydrogen-bond donors (Lipinski definition) is 0. The highest BCUT2D eigenvalue weighted by Gasteiger charge is 2.31. The molecule has 0 unspecified atom stereocenters. The molecule has 1 amide bonds. The Morgan fingerprint density at radius 3 is 2.64 bits per heavy atom. The number of benzene rings is 2. The zero-order valence-electron chi connectivity index (χ0n) is 19.0. The third kappa shape index (κ3) is 4.08. The van der Waals surface area contributed by atoms with E-state index in [-0.39, 0.29) is 5.91 Å². The minimum absolute atomic E-state index is 0.274. The molecule has 6 rings (SSSR count). The van der Waals surface area contributed by atoms with Crippen LogP contribution in [-0.2, 0) is 17.6 Å². The number of ether oxygens (including phenoxy) is 1. The number of carbonyl (C=O) groups is 1. The molecule has 0 saturated carbocycles. The summed E-state index contributed by atoms with van der Waals surface area (Å²) in [5.74, 6) is 2.41. The molecule has 1 fully saturated rings. The SMILES string of the molecule is O=C1CCc2cc(OCCCCN3CCN(c4nsc5ccccc45)CC3)cc3c2N1CC3. The van der Waals surface area contributed by atoms with Crippen LogP contribution in [0.3, 0.4) is 0 Å². The van der Waals surface area contributed by atoms with Crippen molar-refractivity contribution in [3.63, 3.8) is 0 Å². The van der Waals surface area contributed by atoms with Crippen LogP contribution in [0.1, 0.15) is 30.4 Å². The van der Waals surface area contributed by atoms with Crippen LogP contribution in [0, 0.1) is 0 Å². The summed E-state index contributed by atoms with van der Waals surface area (Å²) in [6, 6.07) is 12.8. The minimum Gasteiger partial charge on any atom is -0.494 e. The molecule has 0 radical (unpaired) electrons. The Morgan fingerprint density at radius 2 is 1.76 bits per heavy atom. The van der Waals surface area contributed by atoms with E-state index in [9.17, 15) is 4.79 Å². The van der Waals surface area contributed by atoms with Gasteiger partial charge < -0.3 is 14.5 Å². The Labute approximate surface area is 198 Å². The number of aryl methyl sites for hydroxylation is 1. The monoisotopic (exact) mass is 462 g/mol. The fourth-order valence-electron chi connectivity index (χ4n) is 5.42. The number of anilines is 2. The largest absolute Gasteiger partial charge is 0.494 e. The molecule has 1 aromatic heterocycles. The van der Waals surface area contributed by atoms with E-state index in [1.165, 1.54) is 26.9 Å². The molecule has 0 spiro atoms. The van der Waals surface area contributed by atoms with Crippen molar-refractivity contribution < 1.29 is 9.53 Å². The Morgan fingerprint density at radius 1 is 0.939 bits per heavy atom. The number of unbranched alkanes of at least 4 members (excludes halogenated alkanes) is 1. The second-order valence-corrected chi connectivity index (χ2v) is 10.1. The summed E-state index contributed by atoms with van der Waals surface area (Å²) in [5, 5.41) is 1.29. The molecular weight excluding hydrogens is 432 g/mol. The fourth-order valence-corrected chi connectivity index (χ4v) is 6.22. The van der Waals surface area contributed by atoms with Gasteiger partial charge in [0.25, 0.3) is 0 Å². The Bertz CT molecular complexity index is 1170. The number of rotatable bonds is 7. The highest BCUT2D eigenvalue weighted by molar-refractivity contribution is 7.13. The van der Waals surface area contributed by atoms with Gasteiger partial charge in [-0.1, -0.05) is 12.1 Å². The van der Waals surface area contributed by atoms with Crippen LogP contribution in [-0.4, -0.2) is 61.1 Å². The third-order valence-corrected chi connectivity index (χ3v) is 8.01. The van der Waals surface area contributed by atoms with Crippen molar-refractivity contribution >= 4 is 39.0 Å². The second kappa shape index (κ2) is 8.95. The molecule has 0 N–H and O–H groups in total. The number of amides is 1. The Kier molecular flexibility index (Phi) is 5.68. The van der Waals surface area contributed by atoms with Gasteiger partial charge in [-0.3, -0.25) is 9.69 Å². The van der Waals surface area contributed by atoms with E-state index in [1.807, 2.05) is 4.90 Å². The molecule has 0 aliphatic carbocycles. The van der Waals surface area contributed by atoms with Gasteiger partial charge in [0.2, 0.25) is 5.91 Å². The number of carbonyl (C=O) groups excluding carboxylic acids is 1. The van der Waals surface area contributed by atoms with Crippen LogP contribution in [0.4, 0.5) is 11.5 Å². The second-order valence-electron chi connectivity index (χ2n) is 9.27. The molecule has 3 aliphatic heterocycles. The van der Waals surface area contributed by atoms with Crippen molar-refractivity contribution in [3.8, 4) is 5.75 Å². The molecule has 3 aromatic rings. The quantitative estimate of drug-likeness (QED) is 0.495. The summed E-state index contributed by atoms with van der Waals surface area (Å²) in [4.78, 5) is 19.1. The summed E-state index contributed by atoms with van der Waals surface area (Å²) in [5.41, 5.74) is 3.73. The first-order valence-corrected chi connectivity index (χ1v) is 12.9. The number of fused-ring (bicyclic) bond motifs is 1. The Hall–Kier alpha value is -2.64. The van der Waals surface area contributed by atoms with Gasteiger partial charge in [0.1, 0.15) is 11.6 Å². The van der Waals surface area contributed by atoms with Gasteiger partial charge >= 0.3 is 0 Å². The number of hydrogen-bond acceptors (Lipinski definition) is 6. The topological polar surface area (TPSA) is 48.9 Å². The first-order valence-electron chi connectivity index (χ1n) is 12.2. The predicted octanol–water partition coefficient (Wildman–Crippen LogP) is 4.11. The van der Waals surface area contributed by atoms with Crippen molar-refractivity contribution in [3.05, 3.63) is 47.5 Å². The molecule has 172 valence electrons. The summed E-state index contributed by atoms with van der Waals surface area (Å²) in [6.45, 7) is 6.99.